The molecule has 1 N–H and O–H groups in total. The van der Waals surface area contributed by atoms with Gasteiger partial charge in [0.05, 0.1) is 16.8 Å². The van der Waals surface area contributed by atoms with Crippen molar-refractivity contribution in [1.29, 1.82) is 0 Å². The topological polar surface area (TPSA) is 110 Å². The number of nitrogens with one attached hydrogen (secondary N) is 1. The lowest BCUT2D eigenvalue weighted by Crippen LogP contribution is -2.40. The van der Waals surface area contributed by atoms with Crippen molar-refractivity contribution < 1.29 is 19.3 Å². The second kappa shape index (κ2) is 5.48. The zero-order valence-corrected chi connectivity index (χ0v) is 14.3. The predicted octanol–water partition coefficient (Wildman–Crippen LogP) is 1.59. The van der Waals surface area contributed by atoms with E-state index in [4.69, 9.17) is 0 Å². The number of rotatable bonds is 4. The maximum atomic E-state index is 12.8. The number of amides is 3. The SMILES string of the molecule is O=C(CN1C(=O)C2C3C=CC(C4CC34)C2C1=O)Nc1ccc([N+](=O)[O-])cc1. The number of nitro groups is 1. The maximum absolute atomic E-state index is 12.8. The molecule has 6 atom stereocenters. The van der Waals surface area contributed by atoms with Gasteiger partial charge in [-0.1, -0.05) is 12.2 Å². The van der Waals surface area contributed by atoms with Crippen LogP contribution in [0.1, 0.15) is 6.42 Å². The first-order valence-corrected chi connectivity index (χ1v) is 9.03. The number of nitro benzene ring substituents is 1. The Morgan fingerprint density at radius 3 is 2.15 bits per heavy atom. The monoisotopic (exact) mass is 367 g/mol. The molecule has 1 aromatic carbocycles. The molecular weight excluding hydrogens is 350 g/mol. The van der Waals surface area contributed by atoms with Crippen molar-refractivity contribution in [2.24, 2.45) is 35.5 Å². The smallest absolute Gasteiger partial charge is 0.269 e. The first-order valence-electron chi connectivity index (χ1n) is 9.03. The number of benzene rings is 1. The van der Waals surface area contributed by atoms with Gasteiger partial charge in [0.15, 0.2) is 0 Å². The number of anilines is 1. The van der Waals surface area contributed by atoms with Crippen LogP contribution in [0.2, 0.25) is 0 Å². The quantitative estimate of drug-likeness (QED) is 0.376. The van der Waals surface area contributed by atoms with Crippen molar-refractivity contribution in [3.63, 3.8) is 0 Å². The van der Waals surface area contributed by atoms with Crippen molar-refractivity contribution in [3.05, 3.63) is 46.5 Å². The number of nitrogens with zero attached hydrogens (tertiary/aromatic N) is 2. The van der Waals surface area contributed by atoms with Crippen LogP contribution in [-0.4, -0.2) is 34.1 Å². The van der Waals surface area contributed by atoms with E-state index in [1.54, 1.807) is 0 Å². The number of likely N-dealkylation sites (tertiary alicyclic amines) is 1. The van der Waals surface area contributed by atoms with Crippen molar-refractivity contribution in [2.75, 3.05) is 11.9 Å². The molecule has 8 heteroatoms. The molecule has 27 heavy (non-hydrogen) atoms. The molecule has 1 saturated heterocycles. The van der Waals surface area contributed by atoms with Crippen LogP contribution >= 0.6 is 0 Å². The average molecular weight is 367 g/mol. The summed E-state index contributed by atoms with van der Waals surface area (Å²) in [5.74, 6) is -0.309. The molecule has 3 fully saturated rings. The number of carbonyl (C=O) groups is 3. The molecule has 6 unspecified atom stereocenters. The van der Waals surface area contributed by atoms with E-state index < -0.39 is 10.8 Å². The summed E-state index contributed by atoms with van der Waals surface area (Å²) in [5.41, 5.74) is 0.300. The van der Waals surface area contributed by atoms with Crippen molar-refractivity contribution >= 4 is 29.1 Å². The fourth-order valence-electron chi connectivity index (χ4n) is 5.19. The highest BCUT2D eigenvalue weighted by atomic mass is 16.6. The van der Waals surface area contributed by atoms with Gasteiger partial charge in [-0.2, -0.15) is 0 Å². The lowest BCUT2D eigenvalue weighted by molar-refractivity contribution is -0.384. The summed E-state index contributed by atoms with van der Waals surface area (Å²) in [6.45, 7) is -0.323. The first kappa shape index (κ1) is 16.2. The Labute approximate surface area is 154 Å². The highest BCUT2D eigenvalue weighted by Crippen LogP contribution is 2.65. The minimum absolute atomic E-state index is 0.0801. The zero-order chi connectivity index (χ0) is 18.9. The molecule has 3 amide bonds. The summed E-state index contributed by atoms with van der Waals surface area (Å²) in [7, 11) is 0. The van der Waals surface area contributed by atoms with E-state index in [0.29, 0.717) is 17.5 Å². The van der Waals surface area contributed by atoms with E-state index in [1.165, 1.54) is 24.3 Å². The first-order chi connectivity index (χ1) is 13.0. The van der Waals surface area contributed by atoms with Crippen LogP contribution in [0.15, 0.2) is 36.4 Å². The lowest BCUT2D eigenvalue weighted by atomic mass is 9.63. The molecule has 2 saturated carbocycles. The Morgan fingerprint density at radius 2 is 1.63 bits per heavy atom. The number of hydrogen-bond donors (Lipinski definition) is 1. The zero-order valence-electron chi connectivity index (χ0n) is 14.3. The van der Waals surface area contributed by atoms with Gasteiger partial charge in [-0.15, -0.1) is 0 Å². The van der Waals surface area contributed by atoms with Crippen LogP contribution in [-0.2, 0) is 14.4 Å². The standard InChI is InChI=1S/C19H17N3O5/c23-15(20-9-1-3-10(4-2-9)22(26)27)8-21-18(24)16-11-5-6-12(14-7-13(11)14)17(16)19(21)25/h1-6,11-14,16-17H,7-8H2,(H,20,23). The predicted molar refractivity (Wildman–Crippen MR) is 93.1 cm³/mol. The Balaban J connectivity index is 1.29. The Bertz CT molecular complexity index is 872. The van der Waals surface area contributed by atoms with Crippen LogP contribution in [0, 0.1) is 45.6 Å². The van der Waals surface area contributed by atoms with Crippen molar-refractivity contribution in [3.8, 4) is 0 Å². The normalized spacial score (nSPS) is 35.0. The Kier molecular flexibility index (Phi) is 3.28. The third-order valence-electron chi connectivity index (χ3n) is 6.42. The minimum Gasteiger partial charge on any atom is -0.325 e. The molecule has 2 bridgehead atoms. The summed E-state index contributed by atoms with van der Waals surface area (Å²) < 4.78 is 0. The molecule has 0 radical (unpaired) electrons. The van der Waals surface area contributed by atoms with E-state index >= 15 is 0 Å². The second-order valence-corrected chi connectivity index (χ2v) is 7.77. The van der Waals surface area contributed by atoms with Crippen LogP contribution in [0.3, 0.4) is 0 Å². The fourth-order valence-corrected chi connectivity index (χ4v) is 5.19. The van der Waals surface area contributed by atoms with E-state index in [9.17, 15) is 24.5 Å². The summed E-state index contributed by atoms with van der Waals surface area (Å²) in [5, 5.41) is 13.3. The Morgan fingerprint density at radius 1 is 1.07 bits per heavy atom. The van der Waals surface area contributed by atoms with Crippen LogP contribution in [0.4, 0.5) is 11.4 Å². The fraction of sp³-hybridized carbons (Fsp3) is 0.421. The van der Waals surface area contributed by atoms with Gasteiger partial charge in [0.2, 0.25) is 17.7 Å². The third kappa shape index (κ3) is 2.32. The number of carbonyl (C=O) groups excluding carboxylic acids is 3. The molecule has 1 heterocycles. The van der Waals surface area contributed by atoms with E-state index in [-0.39, 0.29) is 47.7 Å². The molecule has 0 spiro atoms. The van der Waals surface area contributed by atoms with Crippen LogP contribution in [0.25, 0.3) is 0 Å². The number of hydrogen-bond acceptors (Lipinski definition) is 5. The summed E-state index contributed by atoms with van der Waals surface area (Å²) in [6, 6.07) is 5.40. The molecule has 5 aliphatic rings. The molecule has 6 rings (SSSR count). The van der Waals surface area contributed by atoms with Gasteiger partial charge >= 0.3 is 0 Å². The van der Waals surface area contributed by atoms with Gasteiger partial charge < -0.3 is 5.32 Å². The molecule has 1 aliphatic heterocycles. The summed E-state index contributed by atoms with van der Waals surface area (Å²) in [4.78, 5) is 49.2. The highest BCUT2D eigenvalue weighted by Gasteiger charge is 2.67. The molecule has 0 aromatic heterocycles. The lowest BCUT2D eigenvalue weighted by Gasteiger charge is -2.37. The van der Waals surface area contributed by atoms with Crippen molar-refractivity contribution in [2.45, 2.75) is 6.42 Å². The summed E-state index contributed by atoms with van der Waals surface area (Å²) >= 11 is 0. The van der Waals surface area contributed by atoms with Gasteiger partial charge in [0.1, 0.15) is 6.54 Å². The van der Waals surface area contributed by atoms with Gasteiger partial charge in [-0.3, -0.25) is 29.4 Å². The third-order valence-corrected chi connectivity index (χ3v) is 6.42. The molecule has 4 aliphatic carbocycles. The van der Waals surface area contributed by atoms with Gasteiger partial charge in [0.25, 0.3) is 5.69 Å². The van der Waals surface area contributed by atoms with Gasteiger partial charge in [-0.05, 0) is 42.2 Å². The maximum Gasteiger partial charge on any atom is 0.269 e. The molecular formula is C19H17N3O5. The number of non-ortho nitro benzene ring substituents is 1. The van der Waals surface area contributed by atoms with E-state index in [2.05, 4.69) is 17.5 Å². The largest absolute Gasteiger partial charge is 0.325 e. The van der Waals surface area contributed by atoms with Crippen LogP contribution in [0.5, 0.6) is 0 Å². The molecule has 138 valence electrons. The van der Waals surface area contributed by atoms with Gasteiger partial charge in [-0.25, -0.2) is 0 Å². The molecule has 8 nitrogen and oxygen atoms in total. The minimum atomic E-state index is -0.526. The molecule has 1 aromatic rings. The van der Waals surface area contributed by atoms with Crippen LogP contribution < -0.4 is 5.32 Å². The Hall–Kier alpha value is -3.03. The second-order valence-electron chi connectivity index (χ2n) is 7.77. The summed E-state index contributed by atoms with van der Waals surface area (Å²) in [6.07, 6.45) is 5.27. The van der Waals surface area contributed by atoms with Gasteiger partial charge in [0, 0.05) is 17.8 Å². The average Bonchev–Trinajstić information content (AvgIpc) is 3.43. The van der Waals surface area contributed by atoms with Crippen molar-refractivity contribution in [1.82, 2.24) is 4.90 Å². The van der Waals surface area contributed by atoms with E-state index in [0.717, 1.165) is 11.3 Å². The van der Waals surface area contributed by atoms with E-state index in [1.807, 2.05) is 0 Å². The number of allylic oxidation sites excluding steroid dienone is 2. The number of imide groups is 1. The highest BCUT2D eigenvalue weighted by molar-refractivity contribution is 6.09.